The summed E-state index contributed by atoms with van der Waals surface area (Å²) in [4.78, 5) is 0. The first-order valence-electron chi connectivity index (χ1n) is 10.7. The molecule has 2 atom stereocenters. The molecule has 0 spiro atoms. The lowest BCUT2D eigenvalue weighted by molar-refractivity contribution is 0.355. The maximum atomic E-state index is 15.2. The van der Waals surface area contributed by atoms with Crippen LogP contribution in [-0.4, -0.2) is 0 Å². The zero-order valence-corrected chi connectivity index (χ0v) is 17.8. The fraction of sp³-hybridized carbons (Fsp3) is 0.385. The zero-order chi connectivity index (χ0) is 19.4. The van der Waals surface area contributed by atoms with E-state index in [0.717, 1.165) is 17.0 Å². The number of benzene rings is 2. The van der Waals surface area contributed by atoms with Crippen LogP contribution < -0.4 is 10.6 Å². The van der Waals surface area contributed by atoms with Crippen molar-refractivity contribution >= 4 is 17.8 Å². The van der Waals surface area contributed by atoms with Crippen LogP contribution in [0.15, 0.2) is 83.2 Å². The Morgan fingerprint density at radius 3 is 2.11 bits per heavy atom. The average molecular weight is 388 g/mol. The van der Waals surface area contributed by atoms with Crippen LogP contribution in [-0.2, 0) is 4.57 Å². The molecule has 1 nitrogen and oxygen atoms in total. The number of fused-ring (bicyclic) bond motifs is 2. The first-order chi connectivity index (χ1) is 13.5. The van der Waals surface area contributed by atoms with Crippen molar-refractivity contribution in [1.29, 1.82) is 0 Å². The van der Waals surface area contributed by atoms with E-state index in [1.165, 1.54) is 42.1 Å². The van der Waals surface area contributed by atoms with Gasteiger partial charge in [0.25, 0.3) is 0 Å². The Morgan fingerprint density at radius 1 is 0.893 bits per heavy atom. The molecule has 0 amide bonds. The van der Waals surface area contributed by atoms with Gasteiger partial charge in [-0.15, -0.1) is 0 Å². The average Bonchev–Trinajstić information content (AvgIpc) is 3.28. The van der Waals surface area contributed by atoms with Gasteiger partial charge in [0.2, 0.25) is 0 Å². The predicted octanol–water partition coefficient (Wildman–Crippen LogP) is 6.43. The Labute approximate surface area is 168 Å². The number of allylic oxidation sites excluding steroid dienone is 4. The third-order valence-corrected chi connectivity index (χ3v) is 10.2. The second-order valence-corrected chi connectivity index (χ2v) is 12.2. The quantitative estimate of drug-likeness (QED) is 0.554. The molecular weight excluding hydrogens is 359 g/mol. The molecule has 3 aliphatic rings. The summed E-state index contributed by atoms with van der Waals surface area (Å²) in [6.07, 6.45) is 8.56. The second-order valence-electron chi connectivity index (χ2n) is 9.47. The molecular formula is C26H29OP. The Kier molecular flexibility index (Phi) is 4.29. The van der Waals surface area contributed by atoms with Crippen LogP contribution in [0.3, 0.4) is 0 Å². The third kappa shape index (κ3) is 2.79. The summed E-state index contributed by atoms with van der Waals surface area (Å²) in [6.45, 7) is 4.68. The maximum Gasteiger partial charge on any atom is 0.171 e. The second kappa shape index (κ2) is 6.60. The van der Waals surface area contributed by atoms with Gasteiger partial charge in [0.05, 0.1) is 0 Å². The van der Waals surface area contributed by atoms with Crippen LogP contribution in [0, 0.1) is 17.3 Å². The fourth-order valence-corrected chi connectivity index (χ4v) is 9.21. The zero-order valence-electron chi connectivity index (χ0n) is 16.9. The molecule has 1 fully saturated rings. The lowest BCUT2D eigenvalue weighted by Gasteiger charge is -2.35. The van der Waals surface area contributed by atoms with E-state index < -0.39 is 7.14 Å². The van der Waals surface area contributed by atoms with Crippen molar-refractivity contribution in [2.45, 2.75) is 46.0 Å². The molecule has 0 saturated heterocycles. The van der Waals surface area contributed by atoms with Gasteiger partial charge in [-0.05, 0) is 54.9 Å². The molecule has 0 radical (unpaired) electrons. The van der Waals surface area contributed by atoms with Gasteiger partial charge in [-0.3, -0.25) is 0 Å². The fourth-order valence-electron chi connectivity index (χ4n) is 5.90. The van der Waals surface area contributed by atoms with Crippen molar-refractivity contribution in [3.05, 3.63) is 83.2 Å². The summed E-state index contributed by atoms with van der Waals surface area (Å²) in [5.74, 6) is 1.20. The van der Waals surface area contributed by atoms with E-state index in [0.29, 0.717) is 11.8 Å². The number of rotatable bonds is 3. The molecule has 28 heavy (non-hydrogen) atoms. The van der Waals surface area contributed by atoms with Gasteiger partial charge in [0, 0.05) is 15.9 Å². The van der Waals surface area contributed by atoms with Gasteiger partial charge in [-0.1, -0.05) is 86.2 Å². The lowest BCUT2D eigenvalue weighted by atomic mass is 9.79. The highest BCUT2D eigenvalue weighted by molar-refractivity contribution is 7.82. The number of hydrogen-bond donors (Lipinski definition) is 0. The molecule has 3 aliphatic carbocycles. The molecule has 0 unspecified atom stereocenters. The largest absolute Gasteiger partial charge is 0.309 e. The molecule has 144 valence electrons. The van der Waals surface area contributed by atoms with Crippen molar-refractivity contribution in [1.82, 2.24) is 0 Å². The molecule has 5 rings (SSSR count). The van der Waals surface area contributed by atoms with E-state index in [1.54, 1.807) is 0 Å². The van der Waals surface area contributed by atoms with Crippen LogP contribution in [0.2, 0.25) is 0 Å². The molecule has 0 heterocycles. The van der Waals surface area contributed by atoms with E-state index in [4.69, 9.17) is 0 Å². The minimum Gasteiger partial charge on any atom is -0.309 e. The number of hydrogen-bond acceptors (Lipinski definition) is 1. The summed E-state index contributed by atoms with van der Waals surface area (Å²) in [5, 5.41) is 3.20. The van der Waals surface area contributed by atoms with Gasteiger partial charge < -0.3 is 4.57 Å². The Hall–Kier alpha value is -1.85. The van der Waals surface area contributed by atoms with E-state index in [9.17, 15) is 0 Å². The summed E-state index contributed by atoms with van der Waals surface area (Å²) in [6, 6.07) is 20.5. The highest BCUT2D eigenvalue weighted by Gasteiger charge is 2.47. The van der Waals surface area contributed by atoms with E-state index in [1.807, 2.05) is 36.4 Å². The summed E-state index contributed by atoms with van der Waals surface area (Å²) in [7, 11) is -2.88. The summed E-state index contributed by atoms with van der Waals surface area (Å²) in [5.41, 5.74) is 3.12. The van der Waals surface area contributed by atoms with Crippen LogP contribution in [0.5, 0.6) is 0 Å². The topological polar surface area (TPSA) is 17.1 Å². The molecule has 2 aromatic rings. The molecule has 2 aromatic carbocycles. The summed E-state index contributed by atoms with van der Waals surface area (Å²) < 4.78 is 15.2. The Balaban J connectivity index is 1.82. The highest BCUT2D eigenvalue weighted by atomic mass is 31.2. The standard InChI is InChI=1S/C26H29OP/c1-26(2)17-20-16-19-10-9-15-23(19)25(24(20)18-26)28(27,21-11-5-3-6-12-21)22-13-7-4-8-14-22/h3-8,11-14,18-20H,9-10,15-17H2,1-2H3/t19-,20+/m0/s1. The van der Waals surface area contributed by atoms with E-state index >= 15 is 4.57 Å². The van der Waals surface area contributed by atoms with Crippen LogP contribution in [0.1, 0.15) is 46.0 Å². The van der Waals surface area contributed by atoms with Crippen molar-refractivity contribution in [2.75, 3.05) is 0 Å². The molecule has 0 aliphatic heterocycles. The lowest BCUT2D eigenvalue weighted by Crippen LogP contribution is -2.25. The van der Waals surface area contributed by atoms with E-state index in [2.05, 4.69) is 44.2 Å². The molecule has 2 heteroatoms. The first kappa shape index (κ1) is 18.2. The Morgan fingerprint density at radius 2 is 1.50 bits per heavy atom. The highest BCUT2D eigenvalue weighted by Crippen LogP contribution is 2.65. The first-order valence-corrected chi connectivity index (χ1v) is 12.4. The van der Waals surface area contributed by atoms with Gasteiger partial charge >= 0.3 is 0 Å². The van der Waals surface area contributed by atoms with Crippen molar-refractivity contribution in [3.8, 4) is 0 Å². The Bertz CT molecular complexity index is 954. The van der Waals surface area contributed by atoms with Gasteiger partial charge in [-0.25, -0.2) is 0 Å². The van der Waals surface area contributed by atoms with Gasteiger partial charge in [-0.2, -0.15) is 0 Å². The minimum atomic E-state index is -2.88. The minimum absolute atomic E-state index is 0.197. The summed E-state index contributed by atoms with van der Waals surface area (Å²) >= 11 is 0. The van der Waals surface area contributed by atoms with Crippen LogP contribution in [0.4, 0.5) is 0 Å². The molecule has 0 aromatic heterocycles. The molecule has 1 saturated carbocycles. The van der Waals surface area contributed by atoms with E-state index in [-0.39, 0.29) is 5.41 Å². The predicted molar refractivity (Wildman–Crippen MR) is 119 cm³/mol. The van der Waals surface area contributed by atoms with Crippen molar-refractivity contribution < 1.29 is 4.57 Å². The SMILES string of the molecule is CC1(C)C=C2C(P(=O)(c3ccccc3)c3ccccc3)=C3CCC[C@H]3C[C@@H]2C1. The van der Waals surface area contributed by atoms with Crippen LogP contribution >= 0.6 is 7.14 Å². The van der Waals surface area contributed by atoms with Crippen molar-refractivity contribution in [2.24, 2.45) is 17.3 Å². The van der Waals surface area contributed by atoms with Crippen LogP contribution in [0.25, 0.3) is 0 Å². The molecule has 0 N–H and O–H groups in total. The smallest absolute Gasteiger partial charge is 0.171 e. The van der Waals surface area contributed by atoms with Gasteiger partial charge in [0.1, 0.15) is 0 Å². The van der Waals surface area contributed by atoms with Crippen molar-refractivity contribution in [3.63, 3.8) is 0 Å². The van der Waals surface area contributed by atoms with Gasteiger partial charge in [0.15, 0.2) is 7.14 Å². The third-order valence-electron chi connectivity index (χ3n) is 6.95. The maximum absolute atomic E-state index is 15.2. The monoisotopic (exact) mass is 388 g/mol. The normalized spacial score (nSPS) is 26.0. The molecule has 0 bridgehead atoms.